The Hall–Kier alpha value is 0.400. The lowest BCUT2D eigenvalue weighted by molar-refractivity contribution is 0.571. The zero-order chi connectivity index (χ0) is 13.8. The standard InChI is InChI=1S/C10H17BrN2O2S3/c1-7(6-16-3)13-18(14,15)9-4-8(5-12-2)17-10(9)11/h4,7,12-13H,5-6H2,1-3H3. The van der Waals surface area contributed by atoms with Crippen LogP contribution in [0.25, 0.3) is 0 Å². The van der Waals surface area contributed by atoms with Crippen molar-refractivity contribution in [2.45, 2.75) is 24.4 Å². The largest absolute Gasteiger partial charge is 0.315 e. The van der Waals surface area contributed by atoms with Crippen molar-refractivity contribution in [3.63, 3.8) is 0 Å². The van der Waals surface area contributed by atoms with Crippen LogP contribution in [0.2, 0.25) is 0 Å². The van der Waals surface area contributed by atoms with Gasteiger partial charge >= 0.3 is 0 Å². The maximum atomic E-state index is 12.2. The van der Waals surface area contributed by atoms with Gasteiger partial charge in [-0.15, -0.1) is 11.3 Å². The molecule has 4 nitrogen and oxygen atoms in total. The van der Waals surface area contributed by atoms with Crippen LogP contribution in [0.1, 0.15) is 11.8 Å². The first-order valence-electron chi connectivity index (χ1n) is 5.34. The summed E-state index contributed by atoms with van der Waals surface area (Å²) in [5.74, 6) is 0.754. The second kappa shape index (κ2) is 7.25. The van der Waals surface area contributed by atoms with Gasteiger partial charge in [-0.05, 0) is 42.2 Å². The fourth-order valence-electron chi connectivity index (χ4n) is 1.45. The number of nitrogens with one attached hydrogen (secondary N) is 2. The third-order valence-electron chi connectivity index (χ3n) is 2.12. The summed E-state index contributed by atoms with van der Waals surface area (Å²) >= 11 is 6.37. The molecule has 0 aliphatic heterocycles. The van der Waals surface area contributed by atoms with Gasteiger partial charge in [0.1, 0.15) is 4.90 Å². The number of rotatable bonds is 7. The van der Waals surface area contributed by atoms with E-state index in [9.17, 15) is 8.42 Å². The third-order valence-corrected chi connectivity index (χ3v) is 6.79. The third kappa shape index (κ3) is 4.50. The molecule has 1 atom stereocenters. The Morgan fingerprint density at radius 3 is 2.78 bits per heavy atom. The number of hydrogen-bond acceptors (Lipinski definition) is 5. The van der Waals surface area contributed by atoms with E-state index in [0.29, 0.717) is 15.2 Å². The zero-order valence-electron chi connectivity index (χ0n) is 10.5. The summed E-state index contributed by atoms with van der Waals surface area (Å²) in [4.78, 5) is 1.31. The molecule has 0 saturated heterocycles. The lowest BCUT2D eigenvalue weighted by Gasteiger charge is -2.12. The Morgan fingerprint density at radius 2 is 2.22 bits per heavy atom. The fourth-order valence-corrected chi connectivity index (χ4v) is 6.08. The Bertz CT molecular complexity index is 487. The molecule has 0 aliphatic rings. The minimum atomic E-state index is -3.44. The molecule has 2 N–H and O–H groups in total. The molecule has 0 saturated carbocycles. The second-order valence-electron chi connectivity index (χ2n) is 3.86. The molecule has 1 aromatic rings. The van der Waals surface area contributed by atoms with Crippen molar-refractivity contribution < 1.29 is 8.42 Å². The van der Waals surface area contributed by atoms with Crippen molar-refractivity contribution in [1.29, 1.82) is 0 Å². The first-order valence-corrected chi connectivity index (χ1v) is 9.83. The summed E-state index contributed by atoms with van der Waals surface area (Å²) in [6.45, 7) is 2.53. The van der Waals surface area contributed by atoms with Crippen LogP contribution in [0.4, 0.5) is 0 Å². The topological polar surface area (TPSA) is 58.2 Å². The number of thioether (sulfide) groups is 1. The van der Waals surface area contributed by atoms with Gasteiger partial charge in [-0.1, -0.05) is 0 Å². The monoisotopic (exact) mass is 372 g/mol. The van der Waals surface area contributed by atoms with Crippen LogP contribution in [0.5, 0.6) is 0 Å². The lowest BCUT2D eigenvalue weighted by atomic mass is 10.4. The van der Waals surface area contributed by atoms with E-state index in [1.807, 2.05) is 20.2 Å². The van der Waals surface area contributed by atoms with Crippen LogP contribution in [0.3, 0.4) is 0 Å². The van der Waals surface area contributed by atoms with Gasteiger partial charge in [-0.2, -0.15) is 11.8 Å². The van der Waals surface area contributed by atoms with Gasteiger partial charge in [-0.3, -0.25) is 0 Å². The molecule has 18 heavy (non-hydrogen) atoms. The maximum Gasteiger partial charge on any atom is 0.242 e. The van der Waals surface area contributed by atoms with E-state index in [0.717, 1.165) is 10.6 Å². The van der Waals surface area contributed by atoms with Crippen LogP contribution in [-0.2, 0) is 16.6 Å². The predicted molar refractivity (Wildman–Crippen MR) is 82.9 cm³/mol. The van der Waals surface area contributed by atoms with E-state index in [1.54, 1.807) is 17.8 Å². The predicted octanol–water partition coefficient (Wildman–Crippen LogP) is 2.26. The van der Waals surface area contributed by atoms with Gasteiger partial charge in [0.2, 0.25) is 10.0 Å². The highest BCUT2D eigenvalue weighted by molar-refractivity contribution is 9.11. The van der Waals surface area contributed by atoms with Gasteiger partial charge in [-0.25, -0.2) is 13.1 Å². The first-order chi connectivity index (χ1) is 8.40. The van der Waals surface area contributed by atoms with Crippen molar-refractivity contribution in [1.82, 2.24) is 10.0 Å². The minimum Gasteiger partial charge on any atom is -0.315 e. The number of halogens is 1. The summed E-state index contributed by atoms with van der Waals surface area (Å²) in [6.07, 6.45) is 1.95. The maximum absolute atomic E-state index is 12.2. The Morgan fingerprint density at radius 1 is 1.56 bits per heavy atom. The molecular formula is C10H17BrN2O2S3. The van der Waals surface area contributed by atoms with Crippen molar-refractivity contribution in [3.8, 4) is 0 Å². The van der Waals surface area contributed by atoms with Crippen molar-refractivity contribution in [2.75, 3.05) is 19.1 Å². The van der Waals surface area contributed by atoms with Gasteiger partial charge in [0.25, 0.3) is 0 Å². The molecule has 0 amide bonds. The Kier molecular flexibility index (Phi) is 6.63. The van der Waals surface area contributed by atoms with E-state index in [1.165, 1.54) is 11.3 Å². The summed E-state index contributed by atoms with van der Waals surface area (Å²) in [6, 6.07) is 1.63. The summed E-state index contributed by atoms with van der Waals surface area (Å²) in [5.41, 5.74) is 0. The van der Waals surface area contributed by atoms with Gasteiger partial charge in [0.05, 0.1) is 3.79 Å². The number of sulfonamides is 1. The molecule has 104 valence electrons. The Balaban J connectivity index is 2.90. The average molecular weight is 373 g/mol. The molecule has 0 bridgehead atoms. The van der Waals surface area contributed by atoms with Crippen LogP contribution in [0, 0.1) is 0 Å². The normalized spacial score (nSPS) is 13.8. The average Bonchev–Trinajstić information content (AvgIpc) is 2.60. The number of hydrogen-bond donors (Lipinski definition) is 2. The molecule has 1 unspecified atom stereocenters. The van der Waals surface area contributed by atoms with Crippen LogP contribution >= 0.6 is 39.0 Å². The highest BCUT2D eigenvalue weighted by Crippen LogP contribution is 2.31. The molecule has 1 rings (SSSR count). The van der Waals surface area contributed by atoms with Crippen LogP contribution in [-0.4, -0.2) is 33.5 Å². The molecule has 0 radical (unpaired) electrons. The zero-order valence-corrected chi connectivity index (χ0v) is 14.5. The molecule has 0 aromatic carbocycles. The minimum absolute atomic E-state index is 0.0791. The van der Waals surface area contributed by atoms with Crippen molar-refractivity contribution in [2.24, 2.45) is 0 Å². The first kappa shape index (κ1) is 16.5. The molecule has 1 aromatic heterocycles. The van der Waals surface area contributed by atoms with E-state index >= 15 is 0 Å². The van der Waals surface area contributed by atoms with E-state index in [2.05, 4.69) is 26.0 Å². The van der Waals surface area contributed by atoms with E-state index in [-0.39, 0.29) is 6.04 Å². The summed E-state index contributed by atoms with van der Waals surface area (Å²) < 4.78 is 27.7. The molecule has 0 fully saturated rings. The van der Waals surface area contributed by atoms with E-state index < -0.39 is 10.0 Å². The summed E-state index contributed by atoms with van der Waals surface area (Å²) in [5, 5.41) is 3.01. The Labute approximate surface area is 125 Å². The molecule has 0 spiro atoms. The van der Waals surface area contributed by atoms with Crippen LogP contribution < -0.4 is 10.0 Å². The fraction of sp³-hybridized carbons (Fsp3) is 0.600. The van der Waals surface area contributed by atoms with Gasteiger partial charge in [0, 0.05) is 23.2 Å². The van der Waals surface area contributed by atoms with Gasteiger partial charge < -0.3 is 5.32 Å². The quantitative estimate of drug-likeness (QED) is 0.770. The second-order valence-corrected chi connectivity index (χ2v) is 8.91. The van der Waals surface area contributed by atoms with E-state index in [4.69, 9.17) is 0 Å². The van der Waals surface area contributed by atoms with Crippen molar-refractivity contribution in [3.05, 3.63) is 14.7 Å². The van der Waals surface area contributed by atoms with Gasteiger partial charge in [0.15, 0.2) is 0 Å². The molecule has 0 aliphatic carbocycles. The number of thiophene rings is 1. The molecule has 8 heteroatoms. The lowest BCUT2D eigenvalue weighted by Crippen LogP contribution is -2.34. The van der Waals surface area contributed by atoms with Crippen molar-refractivity contribution >= 4 is 49.1 Å². The highest BCUT2D eigenvalue weighted by Gasteiger charge is 2.22. The molecule has 1 heterocycles. The SMILES string of the molecule is CNCc1cc(S(=O)(=O)NC(C)CSC)c(Br)s1. The van der Waals surface area contributed by atoms with Crippen LogP contribution in [0.15, 0.2) is 14.7 Å². The summed E-state index contributed by atoms with van der Waals surface area (Å²) in [7, 11) is -1.60. The molecular weight excluding hydrogens is 356 g/mol. The highest BCUT2D eigenvalue weighted by atomic mass is 79.9. The smallest absolute Gasteiger partial charge is 0.242 e.